The molecule has 1 N–H and O–H groups in total. The van der Waals surface area contributed by atoms with Crippen LogP contribution in [0.5, 0.6) is 0 Å². The standard InChI is InChI=1S/C17H21NO3/c1-3-18(4-2)12-7-8-13-14(17(20)11-5-6-11)10-16(19)21-15(13)9-12/h7-11,17,20H,3-6H2,1-2H3. The predicted molar refractivity (Wildman–Crippen MR) is 83.7 cm³/mol. The summed E-state index contributed by atoms with van der Waals surface area (Å²) >= 11 is 0. The molecule has 0 radical (unpaired) electrons. The molecule has 2 aromatic rings. The van der Waals surface area contributed by atoms with E-state index in [1.54, 1.807) is 0 Å². The minimum atomic E-state index is -0.559. The van der Waals surface area contributed by atoms with Crippen molar-refractivity contribution in [3.63, 3.8) is 0 Å². The summed E-state index contributed by atoms with van der Waals surface area (Å²) in [6.45, 7) is 5.99. The van der Waals surface area contributed by atoms with Crippen LogP contribution in [0.4, 0.5) is 5.69 Å². The smallest absolute Gasteiger partial charge is 0.336 e. The second-order valence-electron chi connectivity index (χ2n) is 5.66. The molecule has 1 atom stereocenters. The molecule has 1 unspecified atom stereocenters. The van der Waals surface area contributed by atoms with Gasteiger partial charge in [0.15, 0.2) is 0 Å². The first-order valence-corrected chi connectivity index (χ1v) is 7.64. The van der Waals surface area contributed by atoms with Crippen LogP contribution in [-0.2, 0) is 0 Å². The summed E-state index contributed by atoms with van der Waals surface area (Å²) in [7, 11) is 0. The number of benzene rings is 1. The van der Waals surface area contributed by atoms with Gasteiger partial charge in [-0.1, -0.05) is 0 Å². The van der Waals surface area contributed by atoms with Crippen LogP contribution in [0, 0.1) is 5.92 Å². The Labute approximate surface area is 124 Å². The van der Waals surface area contributed by atoms with Gasteiger partial charge in [0.1, 0.15) is 5.58 Å². The van der Waals surface area contributed by atoms with Crippen LogP contribution in [0.1, 0.15) is 38.4 Å². The van der Waals surface area contributed by atoms with Crippen LogP contribution in [0.25, 0.3) is 11.0 Å². The summed E-state index contributed by atoms with van der Waals surface area (Å²) in [6.07, 6.45) is 1.50. The molecule has 112 valence electrons. The molecular weight excluding hydrogens is 266 g/mol. The lowest BCUT2D eigenvalue weighted by Crippen LogP contribution is -2.21. The van der Waals surface area contributed by atoms with E-state index >= 15 is 0 Å². The highest BCUT2D eigenvalue weighted by Gasteiger charge is 2.32. The van der Waals surface area contributed by atoms with Crippen LogP contribution in [-0.4, -0.2) is 18.2 Å². The average Bonchev–Trinajstić information content (AvgIpc) is 3.31. The van der Waals surface area contributed by atoms with E-state index in [2.05, 4.69) is 18.7 Å². The Kier molecular flexibility index (Phi) is 3.72. The van der Waals surface area contributed by atoms with Gasteiger partial charge in [-0.05, 0) is 50.3 Å². The molecule has 0 bridgehead atoms. The Bertz CT molecular complexity index is 699. The van der Waals surface area contributed by atoms with Crippen molar-refractivity contribution in [1.29, 1.82) is 0 Å². The van der Waals surface area contributed by atoms with E-state index in [-0.39, 0.29) is 5.92 Å². The zero-order valence-electron chi connectivity index (χ0n) is 12.5. The van der Waals surface area contributed by atoms with Gasteiger partial charge >= 0.3 is 5.63 Å². The van der Waals surface area contributed by atoms with Crippen molar-refractivity contribution in [3.8, 4) is 0 Å². The molecule has 1 saturated carbocycles. The minimum absolute atomic E-state index is 0.289. The number of hydrogen-bond acceptors (Lipinski definition) is 4. The molecule has 1 aliphatic carbocycles. The van der Waals surface area contributed by atoms with E-state index in [1.807, 2.05) is 18.2 Å². The number of fused-ring (bicyclic) bond motifs is 1. The first-order valence-electron chi connectivity index (χ1n) is 7.64. The highest BCUT2D eigenvalue weighted by molar-refractivity contribution is 5.84. The molecule has 21 heavy (non-hydrogen) atoms. The van der Waals surface area contributed by atoms with Gasteiger partial charge in [0.2, 0.25) is 0 Å². The van der Waals surface area contributed by atoms with Crippen molar-refractivity contribution in [2.24, 2.45) is 5.92 Å². The summed E-state index contributed by atoms with van der Waals surface area (Å²) in [6, 6.07) is 7.31. The number of anilines is 1. The highest BCUT2D eigenvalue weighted by Crippen LogP contribution is 2.42. The summed E-state index contributed by atoms with van der Waals surface area (Å²) in [5, 5.41) is 11.2. The third-order valence-electron chi connectivity index (χ3n) is 4.28. The van der Waals surface area contributed by atoms with E-state index in [0.29, 0.717) is 11.1 Å². The van der Waals surface area contributed by atoms with E-state index in [9.17, 15) is 9.90 Å². The van der Waals surface area contributed by atoms with E-state index in [4.69, 9.17) is 4.42 Å². The molecule has 0 aliphatic heterocycles. The maximum absolute atomic E-state index is 11.8. The second-order valence-corrected chi connectivity index (χ2v) is 5.66. The average molecular weight is 287 g/mol. The fourth-order valence-electron chi connectivity index (χ4n) is 2.87. The third kappa shape index (κ3) is 2.68. The number of hydrogen-bond donors (Lipinski definition) is 1. The van der Waals surface area contributed by atoms with Gasteiger partial charge in [-0.3, -0.25) is 0 Å². The van der Waals surface area contributed by atoms with Crippen molar-refractivity contribution in [1.82, 2.24) is 0 Å². The van der Waals surface area contributed by atoms with Crippen molar-refractivity contribution in [3.05, 3.63) is 40.2 Å². The van der Waals surface area contributed by atoms with Gasteiger partial charge in [-0.2, -0.15) is 0 Å². The highest BCUT2D eigenvalue weighted by atomic mass is 16.4. The maximum Gasteiger partial charge on any atom is 0.336 e. The molecule has 0 amide bonds. The number of rotatable bonds is 5. The topological polar surface area (TPSA) is 53.7 Å². The molecule has 4 nitrogen and oxygen atoms in total. The molecule has 0 saturated heterocycles. The van der Waals surface area contributed by atoms with Crippen molar-refractivity contribution >= 4 is 16.7 Å². The summed E-state index contributed by atoms with van der Waals surface area (Å²) in [5.74, 6) is 0.289. The summed E-state index contributed by atoms with van der Waals surface area (Å²) < 4.78 is 5.34. The first-order chi connectivity index (χ1) is 10.1. The molecular formula is C17H21NO3. The van der Waals surface area contributed by atoms with Gasteiger partial charge in [0.25, 0.3) is 0 Å². The van der Waals surface area contributed by atoms with Crippen LogP contribution >= 0.6 is 0 Å². The Morgan fingerprint density at radius 2 is 2.00 bits per heavy atom. The fourth-order valence-corrected chi connectivity index (χ4v) is 2.87. The van der Waals surface area contributed by atoms with E-state index in [0.717, 1.165) is 37.0 Å². The molecule has 0 spiro atoms. The maximum atomic E-state index is 11.8. The fraction of sp³-hybridized carbons (Fsp3) is 0.471. The molecule has 1 fully saturated rings. The van der Waals surface area contributed by atoms with Gasteiger partial charge in [-0.25, -0.2) is 4.79 Å². The van der Waals surface area contributed by atoms with Crippen molar-refractivity contribution in [2.45, 2.75) is 32.8 Å². The molecule has 3 rings (SSSR count). The summed E-state index contributed by atoms with van der Waals surface area (Å²) in [4.78, 5) is 14.0. The first kappa shape index (κ1) is 14.1. The Hall–Kier alpha value is -1.81. The summed E-state index contributed by atoms with van der Waals surface area (Å²) in [5.41, 5.74) is 1.90. The molecule has 1 heterocycles. The van der Waals surface area contributed by atoms with Crippen LogP contribution in [0.2, 0.25) is 0 Å². The SMILES string of the molecule is CCN(CC)c1ccc2c(C(O)C3CC3)cc(=O)oc2c1. The van der Waals surface area contributed by atoms with Crippen LogP contribution in [0.15, 0.2) is 33.5 Å². The minimum Gasteiger partial charge on any atom is -0.423 e. The monoisotopic (exact) mass is 287 g/mol. The second kappa shape index (κ2) is 5.53. The normalized spacial score (nSPS) is 16.1. The molecule has 4 heteroatoms. The lowest BCUT2D eigenvalue weighted by atomic mass is 10.0. The van der Waals surface area contributed by atoms with Crippen molar-refractivity contribution < 1.29 is 9.52 Å². The van der Waals surface area contributed by atoms with Crippen molar-refractivity contribution in [2.75, 3.05) is 18.0 Å². The van der Waals surface area contributed by atoms with Gasteiger partial charge in [-0.15, -0.1) is 0 Å². The van der Waals surface area contributed by atoms with Gasteiger partial charge in [0.05, 0.1) is 6.10 Å². The zero-order chi connectivity index (χ0) is 15.0. The lowest BCUT2D eigenvalue weighted by Gasteiger charge is -2.21. The van der Waals surface area contributed by atoms with E-state index in [1.165, 1.54) is 6.07 Å². The van der Waals surface area contributed by atoms with Crippen LogP contribution < -0.4 is 10.5 Å². The molecule has 1 aromatic carbocycles. The largest absolute Gasteiger partial charge is 0.423 e. The number of aliphatic hydroxyl groups excluding tert-OH is 1. The number of nitrogens with zero attached hydrogens (tertiary/aromatic N) is 1. The zero-order valence-corrected chi connectivity index (χ0v) is 12.5. The Morgan fingerprint density at radius 1 is 1.29 bits per heavy atom. The van der Waals surface area contributed by atoms with E-state index < -0.39 is 11.7 Å². The molecule has 1 aliphatic rings. The molecule has 1 aromatic heterocycles. The predicted octanol–water partition coefficient (Wildman–Crippen LogP) is 3.08. The van der Waals surface area contributed by atoms with Gasteiger partial charge < -0.3 is 14.4 Å². The van der Waals surface area contributed by atoms with Gasteiger partial charge in [0, 0.05) is 36.3 Å². The Morgan fingerprint density at radius 3 is 2.62 bits per heavy atom. The third-order valence-corrected chi connectivity index (χ3v) is 4.28. The lowest BCUT2D eigenvalue weighted by molar-refractivity contribution is 0.155. The van der Waals surface area contributed by atoms with Crippen LogP contribution in [0.3, 0.4) is 0 Å². The number of aliphatic hydroxyl groups is 1. The Balaban J connectivity index is 2.11. The quantitative estimate of drug-likeness (QED) is 0.859.